The summed E-state index contributed by atoms with van der Waals surface area (Å²) in [6.45, 7) is 4.72. The summed E-state index contributed by atoms with van der Waals surface area (Å²) in [7, 11) is 0. The van der Waals surface area contributed by atoms with Crippen molar-refractivity contribution in [1.29, 1.82) is 0 Å². The van der Waals surface area contributed by atoms with Crippen LogP contribution in [0.25, 0.3) is 10.8 Å². The lowest BCUT2D eigenvalue weighted by atomic mass is 9.97. The van der Waals surface area contributed by atoms with Gasteiger partial charge in [0.05, 0.1) is 6.42 Å². The molecule has 2 aromatic rings. The van der Waals surface area contributed by atoms with E-state index >= 15 is 0 Å². The quantitative estimate of drug-likeness (QED) is 0.0626. The number of likely N-dealkylation sites (tertiary alicyclic amines) is 1. The zero-order chi connectivity index (χ0) is 35.9. The molecule has 0 saturated carbocycles. The maximum Gasteiger partial charge on any atom is 0.243 e. The Kier molecular flexibility index (Phi) is 15.3. The number of amides is 5. The van der Waals surface area contributed by atoms with E-state index in [-0.39, 0.29) is 43.6 Å². The predicted molar refractivity (Wildman–Crippen MR) is 190 cm³/mol. The Bertz CT molecular complexity index is 1470. The van der Waals surface area contributed by atoms with Crippen molar-refractivity contribution in [2.24, 2.45) is 33.8 Å². The van der Waals surface area contributed by atoms with Gasteiger partial charge < -0.3 is 43.8 Å². The molecule has 3 rings (SSSR count). The number of unbranched alkanes of at least 4 members (excludes halogenated alkanes) is 1. The van der Waals surface area contributed by atoms with Gasteiger partial charge in [0.2, 0.25) is 29.5 Å². The third-order valence-electron chi connectivity index (χ3n) is 9.07. The number of hydrogen-bond donors (Lipinski definition) is 7. The Morgan fingerprint density at radius 3 is 2.27 bits per heavy atom. The molecule has 1 aliphatic rings. The molecule has 5 atom stereocenters. The van der Waals surface area contributed by atoms with Crippen molar-refractivity contribution in [3.05, 3.63) is 48.0 Å². The van der Waals surface area contributed by atoms with Gasteiger partial charge in [0, 0.05) is 13.1 Å². The van der Waals surface area contributed by atoms with Crippen LogP contribution in [-0.2, 0) is 30.4 Å². The fourth-order valence-electron chi connectivity index (χ4n) is 6.11. The number of aliphatic imine (C=N–C) groups is 1. The molecule has 11 N–H and O–H groups in total. The predicted octanol–water partition coefficient (Wildman–Crippen LogP) is 0.542. The lowest BCUT2D eigenvalue weighted by Gasteiger charge is -2.28. The van der Waals surface area contributed by atoms with Gasteiger partial charge in [-0.2, -0.15) is 0 Å². The van der Waals surface area contributed by atoms with Gasteiger partial charge in [0.15, 0.2) is 5.96 Å². The third kappa shape index (κ3) is 11.4. The summed E-state index contributed by atoms with van der Waals surface area (Å²) >= 11 is 0. The van der Waals surface area contributed by atoms with Crippen molar-refractivity contribution in [3.8, 4) is 0 Å². The van der Waals surface area contributed by atoms with E-state index in [0.717, 1.165) is 16.3 Å². The summed E-state index contributed by atoms with van der Waals surface area (Å²) in [5.41, 5.74) is 23.0. The number of nitrogens with one attached hydrogen (secondary N) is 3. The van der Waals surface area contributed by atoms with Gasteiger partial charge in [0.25, 0.3) is 0 Å². The van der Waals surface area contributed by atoms with Crippen LogP contribution < -0.4 is 38.9 Å². The second-order valence-corrected chi connectivity index (χ2v) is 12.7. The molecule has 14 nitrogen and oxygen atoms in total. The van der Waals surface area contributed by atoms with E-state index in [1.807, 2.05) is 49.4 Å². The van der Waals surface area contributed by atoms with Crippen LogP contribution in [0.2, 0.25) is 0 Å². The summed E-state index contributed by atoms with van der Waals surface area (Å²) in [5, 5.41) is 10.3. The number of carbonyl (C=O) groups is 5. The summed E-state index contributed by atoms with van der Waals surface area (Å²) in [6, 6.07) is 9.93. The van der Waals surface area contributed by atoms with Gasteiger partial charge in [-0.05, 0) is 73.7 Å². The number of carbonyl (C=O) groups excluding carboxylic acids is 5. The van der Waals surface area contributed by atoms with Gasteiger partial charge in [-0.1, -0.05) is 62.7 Å². The van der Waals surface area contributed by atoms with E-state index in [9.17, 15) is 24.0 Å². The standard InChI is InChI=1S/C35H53N9O5/c1-3-22(2)30(31(37)46)43-33(48)27(16-9-19-40-35(38)39)41-32(47)26(15-6-7-18-36)42-34(49)28-17-10-20-44(28)29(45)21-24-13-8-12-23-11-4-5-14-25(23)24/h4-5,8,11-14,22,26-28,30H,3,6-7,9-10,15-21,36H2,1-2H3,(H2,37,46)(H,41,47)(H,42,49)(H,43,48)(H4,38,39,40)/t22?,26?,27?,28-,30?/m0/s1. The molecule has 2 aromatic carbocycles. The van der Waals surface area contributed by atoms with Crippen molar-refractivity contribution in [1.82, 2.24) is 20.9 Å². The van der Waals surface area contributed by atoms with Crippen molar-refractivity contribution in [2.75, 3.05) is 19.6 Å². The van der Waals surface area contributed by atoms with Crippen LogP contribution in [0, 0.1) is 5.92 Å². The molecule has 0 aliphatic carbocycles. The van der Waals surface area contributed by atoms with E-state index in [0.29, 0.717) is 51.6 Å². The first-order valence-corrected chi connectivity index (χ1v) is 17.2. The summed E-state index contributed by atoms with van der Waals surface area (Å²) in [4.78, 5) is 72.1. The molecule has 14 heteroatoms. The molecule has 0 bridgehead atoms. The number of hydrogen-bond acceptors (Lipinski definition) is 7. The SMILES string of the molecule is CCC(C)C(NC(=O)C(CCCN=C(N)N)NC(=O)C(CCCCN)NC(=O)[C@@H]1CCCN1C(=O)Cc1cccc2ccccc12)C(N)=O. The van der Waals surface area contributed by atoms with Crippen LogP contribution in [0.1, 0.15) is 70.8 Å². The summed E-state index contributed by atoms with van der Waals surface area (Å²) in [5.74, 6) is -2.78. The van der Waals surface area contributed by atoms with Crippen molar-refractivity contribution in [2.45, 2.75) is 95.8 Å². The van der Waals surface area contributed by atoms with Crippen LogP contribution in [0.3, 0.4) is 0 Å². The minimum atomic E-state index is -1.06. The van der Waals surface area contributed by atoms with E-state index < -0.39 is 47.8 Å². The Hall–Kier alpha value is -4.72. The average molecular weight is 680 g/mol. The highest BCUT2D eigenvalue weighted by Gasteiger charge is 2.37. The first kappa shape index (κ1) is 38.7. The van der Waals surface area contributed by atoms with Gasteiger partial charge >= 0.3 is 0 Å². The monoisotopic (exact) mass is 679 g/mol. The largest absolute Gasteiger partial charge is 0.370 e. The van der Waals surface area contributed by atoms with Gasteiger partial charge in [-0.15, -0.1) is 0 Å². The highest BCUT2D eigenvalue weighted by Crippen LogP contribution is 2.23. The molecule has 4 unspecified atom stereocenters. The zero-order valence-electron chi connectivity index (χ0n) is 28.7. The second kappa shape index (κ2) is 19.3. The Morgan fingerprint density at radius 2 is 1.57 bits per heavy atom. The van der Waals surface area contributed by atoms with Crippen LogP contribution in [0.4, 0.5) is 0 Å². The lowest BCUT2D eigenvalue weighted by Crippen LogP contribution is -2.58. The Labute approximate surface area is 288 Å². The fourth-order valence-corrected chi connectivity index (χ4v) is 6.11. The molecule has 49 heavy (non-hydrogen) atoms. The molecular formula is C35H53N9O5. The smallest absolute Gasteiger partial charge is 0.243 e. The number of rotatable bonds is 19. The topological polar surface area (TPSA) is 241 Å². The second-order valence-electron chi connectivity index (χ2n) is 12.7. The van der Waals surface area contributed by atoms with E-state index in [2.05, 4.69) is 20.9 Å². The Balaban J connectivity index is 1.76. The number of nitrogens with two attached hydrogens (primary N) is 4. The molecule has 0 radical (unpaired) electrons. The van der Waals surface area contributed by atoms with Crippen LogP contribution in [0.15, 0.2) is 47.5 Å². The maximum absolute atomic E-state index is 13.8. The van der Waals surface area contributed by atoms with Crippen LogP contribution in [0.5, 0.6) is 0 Å². The maximum atomic E-state index is 13.8. The van der Waals surface area contributed by atoms with Gasteiger partial charge in [-0.25, -0.2) is 0 Å². The van der Waals surface area contributed by atoms with E-state index in [1.165, 1.54) is 0 Å². The molecule has 1 heterocycles. The van der Waals surface area contributed by atoms with Crippen LogP contribution >= 0.6 is 0 Å². The lowest BCUT2D eigenvalue weighted by molar-refractivity contribution is -0.139. The molecule has 1 saturated heterocycles. The number of nitrogens with zero attached hydrogens (tertiary/aromatic N) is 2. The zero-order valence-corrected chi connectivity index (χ0v) is 28.7. The van der Waals surface area contributed by atoms with Crippen LogP contribution in [-0.4, -0.2) is 84.2 Å². The first-order valence-electron chi connectivity index (χ1n) is 17.2. The molecular weight excluding hydrogens is 626 g/mol. The molecule has 1 aliphatic heterocycles. The minimum absolute atomic E-state index is 0.102. The average Bonchev–Trinajstić information content (AvgIpc) is 3.58. The van der Waals surface area contributed by atoms with Crippen molar-refractivity contribution < 1.29 is 24.0 Å². The minimum Gasteiger partial charge on any atom is -0.370 e. The summed E-state index contributed by atoms with van der Waals surface area (Å²) < 4.78 is 0. The molecule has 0 aromatic heterocycles. The normalized spacial score (nSPS) is 16.6. The molecule has 0 spiro atoms. The van der Waals surface area contributed by atoms with Crippen molar-refractivity contribution in [3.63, 3.8) is 0 Å². The number of guanidine groups is 1. The molecule has 5 amide bonds. The number of benzene rings is 2. The van der Waals surface area contributed by atoms with Gasteiger partial charge in [-0.3, -0.25) is 29.0 Å². The molecule has 1 fully saturated rings. The van der Waals surface area contributed by atoms with E-state index in [1.54, 1.807) is 11.8 Å². The molecule has 268 valence electrons. The number of fused-ring (bicyclic) bond motifs is 1. The first-order chi connectivity index (χ1) is 23.5. The van der Waals surface area contributed by atoms with E-state index in [4.69, 9.17) is 22.9 Å². The summed E-state index contributed by atoms with van der Waals surface area (Å²) in [6.07, 6.45) is 3.79. The number of primary amides is 1. The highest BCUT2D eigenvalue weighted by atomic mass is 16.2. The van der Waals surface area contributed by atoms with Gasteiger partial charge in [0.1, 0.15) is 24.2 Å². The highest BCUT2D eigenvalue weighted by molar-refractivity contribution is 5.96. The van der Waals surface area contributed by atoms with Crippen molar-refractivity contribution >= 4 is 46.3 Å². The third-order valence-corrected chi connectivity index (χ3v) is 9.07. The Morgan fingerprint density at radius 1 is 0.898 bits per heavy atom. The fraction of sp³-hybridized carbons (Fsp3) is 0.543.